The summed E-state index contributed by atoms with van der Waals surface area (Å²) in [5.74, 6) is 4.27. The lowest BCUT2D eigenvalue weighted by Crippen LogP contribution is -2.28. The number of carbonyl (C=O) groups is 2. The lowest BCUT2D eigenvalue weighted by atomic mass is 10.0. The highest BCUT2D eigenvalue weighted by molar-refractivity contribution is 5.99. The predicted molar refractivity (Wildman–Crippen MR) is 150 cm³/mol. The first kappa shape index (κ1) is 30.4. The molecule has 1 amide bonds. The summed E-state index contributed by atoms with van der Waals surface area (Å²) in [7, 11) is 3.62. The molecule has 0 spiro atoms. The largest absolute Gasteiger partial charge is 0.464 e. The van der Waals surface area contributed by atoms with Gasteiger partial charge in [-0.15, -0.1) is 0 Å². The van der Waals surface area contributed by atoms with Gasteiger partial charge in [-0.05, 0) is 76.6 Å². The Morgan fingerprint density at radius 3 is 1.74 bits per heavy atom. The fourth-order valence-electron chi connectivity index (χ4n) is 3.94. The molecule has 7 nitrogen and oxygen atoms in total. The Bertz CT molecular complexity index is 1200. The van der Waals surface area contributed by atoms with Crippen molar-refractivity contribution in [3.8, 4) is 0 Å². The molecule has 39 heavy (non-hydrogen) atoms. The van der Waals surface area contributed by atoms with Crippen molar-refractivity contribution < 1.29 is 28.3 Å². The Labute approximate surface area is 232 Å². The summed E-state index contributed by atoms with van der Waals surface area (Å²) >= 11 is 0. The smallest absolute Gasteiger partial charge is 0.264 e. The number of ether oxygens (including phenoxy) is 1. The summed E-state index contributed by atoms with van der Waals surface area (Å²) in [6.45, 7) is 11.7. The van der Waals surface area contributed by atoms with Crippen LogP contribution in [0.25, 0.3) is 0 Å². The quantitative estimate of drug-likeness (QED) is 0.322. The molecule has 1 aliphatic heterocycles. The molecule has 6 rings (SSSR count). The topological polar surface area (TPSA) is 93.1 Å². The number of ketones is 1. The van der Waals surface area contributed by atoms with Gasteiger partial charge in [0.1, 0.15) is 29.5 Å². The Hall–Kier alpha value is -3.15. The van der Waals surface area contributed by atoms with E-state index in [-0.39, 0.29) is 27.9 Å². The molecule has 3 fully saturated rings. The maximum absolute atomic E-state index is 11.6. The van der Waals surface area contributed by atoms with E-state index in [1.54, 1.807) is 17.0 Å². The van der Waals surface area contributed by atoms with Gasteiger partial charge in [-0.25, -0.2) is 0 Å². The number of hydrogen-bond donors (Lipinski definition) is 1. The molecule has 3 aliphatic carbocycles. The summed E-state index contributed by atoms with van der Waals surface area (Å²) in [6, 6.07) is 7.36. The van der Waals surface area contributed by atoms with E-state index in [4.69, 9.17) is 13.6 Å². The molecule has 0 saturated heterocycles. The second kappa shape index (κ2) is 11.9. The molecular formula is C32H44NO6+. The first-order valence-electron chi connectivity index (χ1n) is 13.7. The number of amides is 1. The van der Waals surface area contributed by atoms with Crippen LogP contribution in [0.3, 0.4) is 0 Å². The molecule has 0 unspecified atom stereocenters. The Morgan fingerprint density at radius 1 is 0.872 bits per heavy atom. The number of aliphatic hydroxyl groups excluding tert-OH is 1. The summed E-state index contributed by atoms with van der Waals surface area (Å²) in [5.41, 5.74) is -0.00190. The van der Waals surface area contributed by atoms with Gasteiger partial charge in [-0.2, -0.15) is 0 Å². The molecule has 0 aromatic carbocycles. The summed E-state index contributed by atoms with van der Waals surface area (Å²) < 4.78 is 15.3. The number of nitrogens with zero attached hydrogens (tertiary/aromatic N) is 1. The second-order valence-corrected chi connectivity index (χ2v) is 12.2. The molecule has 1 atom stereocenters. The average Bonchev–Trinajstić information content (AvgIpc) is 3.83. The normalized spacial score (nSPS) is 20.1. The standard InChI is InChI=1S/C10H14O2.C10H12O2.C7H13NO.C5H5O/c2*1-7-3-4-8(12-7)9(11)10(2)5-6-10;1-7(4-5-7)6(9)8(2)3;1-5-3-2-4-6-5/h3-4,9,11H,5-6H2,1-2H3;3-4H,5-6H2,1-2H3;4-5H2,1-3H3;2-3H,1H3/q;;;+1/t9-;;;/m1.../s1. The van der Waals surface area contributed by atoms with E-state index in [9.17, 15) is 14.7 Å². The van der Waals surface area contributed by atoms with Crippen LogP contribution < -0.4 is 0 Å². The van der Waals surface area contributed by atoms with E-state index in [0.29, 0.717) is 11.5 Å². The lowest BCUT2D eigenvalue weighted by molar-refractivity contribution is -0.133. The minimum atomic E-state index is -0.411. The van der Waals surface area contributed by atoms with Crippen molar-refractivity contribution in [3.05, 3.63) is 71.5 Å². The van der Waals surface area contributed by atoms with Crippen molar-refractivity contribution in [2.24, 2.45) is 16.2 Å². The number of aryl methyl sites for hydroxylation is 2. The minimum Gasteiger partial charge on any atom is -0.464 e. The van der Waals surface area contributed by atoms with E-state index >= 15 is 0 Å². The number of allylic oxidation sites excluding steroid dienone is 3. The van der Waals surface area contributed by atoms with Gasteiger partial charge in [-0.1, -0.05) is 20.8 Å². The molecule has 3 heterocycles. The van der Waals surface area contributed by atoms with Gasteiger partial charge in [0.15, 0.2) is 11.8 Å². The number of hydrogen-bond acceptors (Lipinski definition) is 6. The van der Waals surface area contributed by atoms with Crippen molar-refractivity contribution in [1.29, 1.82) is 0 Å². The van der Waals surface area contributed by atoms with E-state index in [2.05, 4.69) is 13.2 Å². The van der Waals surface area contributed by atoms with Crippen LogP contribution in [-0.2, 0) is 9.53 Å². The number of aliphatic hydroxyl groups is 1. The molecule has 2 aromatic heterocycles. The van der Waals surface area contributed by atoms with Gasteiger partial charge in [-0.3, -0.25) is 14.3 Å². The van der Waals surface area contributed by atoms with Crippen LogP contribution in [-0.4, -0.2) is 35.8 Å². The highest BCUT2D eigenvalue weighted by atomic mass is 16.5. The Balaban J connectivity index is 0.000000148. The monoisotopic (exact) mass is 538 g/mol. The van der Waals surface area contributed by atoms with E-state index in [1.807, 2.05) is 73.0 Å². The zero-order chi connectivity index (χ0) is 29.0. The third kappa shape index (κ3) is 8.42. The molecule has 4 aliphatic rings. The Morgan fingerprint density at radius 2 is 1.44 bits per heavy atom. The fraction of sp³-hybridized carbons (Fsp3) is 0.562. The Kier molecular flexibility index (Phi) is 9.30. The van der Waals surface area contributed by atoms with Gasteiger partial charge < -0.3 is 18.8 Å². The first-order chi connectivity index (χ1) is 18.2. The van der Waals surface area contributed by atoms with E-state index in [0.717, 1.165) is 55.8 Å². The number of Topliss-reactive ketones (excluding diaryl/α,β-unsaturated/α-hetero) is 1. The lowest BCUT2D eigenvalue weighted by Gasteiger charge is -2.14. The second-order valence-electron chi connectivity index (χ2n) is 12.2. The third-order valence-corrected chi connectivity index (χ3v) is 7.77. The van der Waals surface area contributed by atoms with Gasteiger partial charge >= 0.3 is 0 Å². The number of furan rings is 2. The van der Waals surface area contributed by atoms with E-state index in [1.165, 1.54) is 0 Å². The molecule has 0 bridgehead atoms. The van der Waals surface area contributed by atoms with Crippen LogP contribution in [0.2, 0.25) is 0 Å². The van der Waals surface area contributed by atoms with E-state index < -0.39 is 6.10 Å². The molecule has 212 valence electrons. The summed E-state index contributed by atoms with van der Waals surface area (Å²) in [5, 5.41) is 9.84. The molecule has 1 N–H and O–H groups in total. The molecule has 2 aromatic rings. The van der Waals surface area contributed by atoms with Gasteiger partial charge in [0.05, 0.1) is 6.92 Å². The first-order valence-corrected chi connectivity index (χ1v) is 13.7. The summed E-state index contributed by atoms with van der Waals surface area (Å²) in [6.07, 6.45) is 12.1. The number of carbonyl (C=O) groups excluding carboxylic acids is 2. The van der Waals surface area contributed by atoms with Crippen molar-refractivity contribution in [2.45, 2.75) is 86.2 Å². The fourth-order valence-corrected chi connectivity index (χ4v) is 3.94. The number of rotatable bonds is 5. The highest BCUT2D eigenvalue weighted by Crippen LogP contribution is 2.54. The molecule has 7 heteroatoms. The third-order valence-electron chi connectivity index (χ3n) is 7.77. The van der Waals surface area contributed by atoms with Crippen LogP contribution >= 0.6 is 0 Å². The maximum Gasteiger partial charge on any atom is 0.264 e. The van der Waals surface area contributed by atoms with Crippen LogP contribution in [0, 0.1) is 36.4 Å². The SMILES string of the molecule is CC1=CC=[C+]O1.CN(C)C(=O)C1(C)CC1.Cc1ccc(C(=O)C2(C)CC2)o1.Cc1ccc([C@@H](O)C2(C)CC2)o1. The molecule has 0 radical (unpaired) electrons. The maximum atomic E-state index is 11.6. The van der Waals surface area contributed by atoms with Gasteiger partial charge in [0.2, 0.25) is 18.0 Å². The van der Waals surface area contributed by atoms with Crippen LogP contribution in [0.15, 0.2) is 51.0 Å². The predicted octanol–water partition coefficient (Wildman–Crippen LogP) is 7.10. The van der Waals surface area contributed by atoms with Crippen molar-refractivity contribution >= 4 is 11.7 Å². The van der Waals surface area contributed by atoms with Crippen molar-refractivity contribution in [1.82, 2.24) is 4.90 Å². The highest BCUT2D eigenvalue weighted by Gasteiger charge is 2.47. The molecular weight excluding hydrogens is 494 g/mol. The van der Waals surface area contributed by atoms with Crippen LogP contribution in [0.5, 0.6) is 0 Å². The van der Waals surface area contributed by atoms with Crippen molar-refractivity contribution in [2.75, 3.05) is 14.1 Å². The average molecular weight is 539 g/mol. The minimum absolute atomic E-state index is 0.0174. The van der Waals surface area contributed by atoms with Crippen LogP contribution in [0.1, 0.15) is 100 Å². The van der Waals surface area contributed by atoms with Crippen molar-refractivity contribution in [3.63, 3.8) is 0 Å². The van der Waals surface area contributed by atoms with Crippen LogP contribution in [0.4, 0.5) is 0 Å². The summed E-state index contributed by atoms with van der Waals surface area (Å²) in [4.78, 5) is 24.5. The molecule has 3 saturated carbocycles. The van der Waals surface area contributed by atoms with Gasteiger partial charge in [0.25, 0.3) is 5.76 Å². The zero-order valence-electron chi connectivity index (χ0n) is 24.7. The van der Waals surface area contributed by atoms with Gasteiger partial charge in [0, 0.05) is 30.3 Å². The zero-order valence-corrected chi connectivity index (χ0v) is 24.7.